The van der Waals surface area contributed by atoms with Crippen LogP contribution in [-0.4, -0.2) is 117 Å². The Kier molecular flexibility index (Phi) is 17.2. The summed E-state index contributed by atoms with van der Waals surface area (Å²) >= 11 is 0. The van der Waals surface area contributed by atoms with Gasteiger partial charge in [0.2, 0.25) is 17.7 Å². The molecule has 0 spiro atoms. The molecular weight excluding hydrogens is 736 g/mol. The highest BCUT2D eigenvalue weighted by molar-refractivity contribution is 5.96. The van der Waals surface area contributed by atoms with Gasteiger partial charge in [-0.2, -0.15) is 0 Å². The molecule has 19 nitrogen and oxygen atoms in total. The monoisotopic (exact) mass is 784 g/mol. The molecule has 1 fully saturated rings. The van der Waals surface area contributed by atoms with E-state index in [0.717, 1.165) is 17.6 Å². The Bertz CT molecular complexity index is 1710. The van der Waals surface area contributed by atoms with Crippen molar-refractivity contribution in [3.63, 3.8) is 0 Å². The number of benzene rings is 2. The van der Waals surface area contributed by atoms with Gasteiger partial charge < -0.3 is 30.1 Å². The average molecular weight is 785 g/mol. The van der Waals surface area contributed by atoms with Crippen LogP contribution in [0.5, 0.6) is 5.75 Å². The zero-order chi connectivity index (χ0) is 41.4. The molecule has 2 aromatic rings. The minimum Gasteiger partial charge on any atom is -0.481 e. The summed E-state index contributed by atoms with van der Waals surface area (Å²) in [7, 11) is 1.14. The van der Waals surface area contributed by atoms with Crippen LogP contribution in [-0.2, 0) is 40.2 Å². The number of Topliss-reactive ketones (excluding diaryl/α,β-unsaturated/α-hetero) is 1. The number of carbonyl (C=O) groups is 7. The molecule has 0 unspecified atom stereocenters. The van der Waals surface area contributed by atoms with Crippen molar-refractivity contribution in [1.82, 2.24) is 25.5 Å². The minimum atomic E-state index is -1.29. The van der Waals surface area contributed by atoms with Crippen LogP contribution in [0, 0.1) is 10.1 Å². The van der Waals surface area contributed by atoms with Crippen LogP contribution in [0.25, 0.3) is 0 Å². The molecule has 1 aliphatic rings. The van der Waals surface area contributed by atoms with Crippen molar-refractivity contribution >= 4 is 47.3 Å². The summed E-state index contributed by atoms with van der Waals surface area (Å²) in [6.07, 6.45) is -1.63. The number of ether oxygens (including phenoxy) is 2. The maximum Gasteiger partial charge on any atom is 0.415 e. The number of nitro groups is 1. The second kappa shape index (κ2) is 21.7. The van der Waals surface area contributed by atoms with Crippen LogP contribution in [0.4, 0.5) is 15.3 Å². The second-order valence-corrected chi connectivity index (χ2v) is 13.2. The first-order valence-electron chi connectivity index (χ1n) is 18.0. The molecule has 3 atom stereocenters. The van der Waals surface area contributed by atoms with Gasteiger partial charge in [0.15, 0.2) is 5.78 Å². The summed E-state index contributed by atoms with van der Waals surface area (Å²) < 4.78 is 10.6. The molecule has 1 saturated heterocycles. The van der Waals surface area contributed by atoms with Crippen molar-refractivity contribution < 1.29 is 57.9 Å². The lowest BCUT2D eigenvalue weighted by atomic mass is 10.1. The Labute approximate surface area is 323 Å². The number of aliphatic carboxylic acids is 1. The molecule has 304 valence electrons. The van der Waals surface area contributed by atoms with Crippen molar-refractivity contribution in [1.29, 1.82) is 0 Å². The Balaban J connectivity index is 1.72. The van der Waals surface area contributed by atoms with Crippen molar-refractivity contribution in [2.24, 2.45) is 0 Å². The number of carboxylic acids is 1. The number of nitrogens with one attached hydrogen (secondary N) is 2. The quantitative estimate of drug-likeness (QED) is 0.0994. The highest BCUT2D eigenvalue weighted by Gasteiger charge is 2.39. The van der Waals surface area contributed by atoms with Gasteiger partial charge in [0, 0.05) is 37.7 Å². The number of carbonyl (C=O) groups excluding carboxylic acids is 6. The van der Waals surface area contributed by atoms with E-state index in [1.165, 1.54) is 36.1 Å². The van der Waals surface area contributed by atoms with Crippen molar-refractivity contribution in [3.8, 4) is 5.75 Å². The van der Waals surface area contributed by atoms with Gasteiger partial charge in [0.25, 0.3) is 5.69 Å². The topological polar surface area (TPSA) is 244 Å². The number of hydroxylamine groups is 2. The van der Waals surface area contributed by atoms with Crippen LogP contribution in [0.2, 0.25) is 0 Å². The van der Waals surface area contributed by atoms with Crippen LogP contribution < -0.4 is 15.4 Å². The Morgan fingerprint density at radius 2 is 1.68 bits per heavy atom. The third kappa shape index (κ3) is 13.3. The predicted molar refractivity (Wildman–Crippen MR) is 197 cm³/mol. The van der Waals surface area contributed by atoms with E-state index in [-0.39, 0.29) is 50.4 Å². The summed E-state index contributed by atoms with van der Waals surface area (Å²) in [6.45, 7) is 4.49. The molecule has 0 bridgehead atoms. The first kappa shape index (κ1) is 44.3. The number of carboxylic acid groups (broad SMARTS) is 1. The average Bonchev–Trinajstić information content (AvgIpc) is 3.67. The molecule has 0 aromatic heterocycles. The van der Waals surface area contributed by atoms with Crippen LogP contribution >= 0.6 is 0 Å². The highest BCUT2D eigenvalue weighted by atomic mass is 16.7. The van der Waals surface area contributed by atoms with E-state index in [1.807, 2.05) is 6.07 Å². The lowest BCUT2D eigenvalue weighted by Gasteiger charge is -2.32. The van der Waals surface area contributed by atoms with Gasteiger partial charge in [0.1, 0.15) is 24.4 Å². The molecule has 2 aromatic carbocycles. The zero-order valence-corrected chi connectivity index (χ0v) is 31.7. The molecule has 0 saturated carbocycles. The molecule has 0 radical (unpaired) electrons. The molecule has 19 heteroatoms. The van der Waals surface area contributed by atoms with Gasteiger partial charge >= 0.3 is 18.2 Å². The largest absolute Gasteiger partial charge is 0.481 e. The van der Waals surface area contributed by atoms with Crippen molar-refractivity contribution in [2.75, 3.05) is 26.7 Å². The summed E-state index contributed by atoms with van der Waals surface area (Å²) in [5.41, 5.74) is 0.581. The number of nitro benzene ring substituents is 1. The van der Waals surface area contributed by atoms with Gasteiger partial charge in [-0.1, -0.05) is 30.3 Å². The number of hydrogen-bond donors (Lipinski definition) is 3. The number of alkyl carbamates (subject to hydrolysis) is 1. The molecule has 3 rings (SSSR count). The molecule has 1 heterocycles. The normalized spacial score (nSPS) is 14.6. The first-order chi connectivity index (χ1) is 26.6. The fourth-order valence-corrected chi connectivity index (χ4v) is 5.82. The number of amides is 5. The minimum absolute atomic E-state index is 0.00665. The van der Waals surface area contributed by atoms with E-state index in [1.54, 1.807) is 38.1 Å². The first-order valence-corrected chi connectivity index (χ1v) is 18.0. The van der Waals surface area contributed by atoms with Crippen LogP contribution in [0.3, 0.4) is 0 Å². The smallest absolute Gasteiger partial charge is 0.415 e. The molecule has 5 amide bonds. The molecule has 3 N–H and O–H groups in total. The third-order valence-corrected chi connectivity index (χ3v) is 8.84. The number of likely N-dealkylation sites (tertiary alicyclic amines) is 1. The number of rotatable bonds is 20. The second-order valence-electron chi connectivity index (χ2n) is 13.2. The van der Waals surface area contributed by atoms with E-state index in [4.69, 9.17) is 19.4 Å². The summed E-state index contributed by atoms with van der Waals surface area (Å²) in [6, 6.07) is 9.86. The van der Waals surface area contributed by atoms with Gasteiger partial charge in [-0.3, -0.25) is 43.8 Å². The number of nitrogens with zero attached hydrogens (tertiary/aromatic N) is 4. The van der Waals surface area contributed by atoms with Crippen molar-refractivity contribution in [2.45, 2.75) is 90.1 Å². The maximum absolute atomic E-state index is 14.1. The Morgan fingerprint density at radius 1 is 1.00 bits per heavy atom. The summed E-state index contributed by atoms with van der Waals surface area (Å²) in [4.78, 5) is 108. The lowest BCUT2D eigenvalue weighted by molar-refractivity contribution is -0.384. The van der Waals surface area contributed by atoms with E-state index in [0.29, 0.717) is 11.5 Å². The summed E-state index contributed by atoms with van der Waals surface area (Å²) in [5, 5.41) is 25.9. The number of non-ortho nitro benzene ring substituents is 1. The number of ketones is 1. The third-order valence-electron chi connectivity index (χ3n) is 8.84. The van der Waals surface area contributed by atoms with E-state index in [9.17, 15) is 43.7 Å². The molecule has 56 heavy (non-hydrogen) atoms. The van der Waals surface area contributed by atoms with Gasteiger partial charge in [0.05, 0.1) is 31.0 Å². The summed E-state index contributed by atoms with van der Waals surface area (Å²) in [5.74, 6) is -3.85. The fraction of sp³-hybridized carbons (Fsp3) is 0.486. The fourth-order valence-electron chi connectivity index (χ4n) is 5.82. The van der Waals surface area contributed by atoms with Gasteiger partial charge in [-0.25, -0.2) is 14.7 Å². The Hall–Kier alpha value is -6.11. The van der Waals surface area contributed by atoms with E-state index < -0.39 is 90.1 Å². The zero-order valence-electron chi connectivity index (χ0n) is 31.7. The molecule has 1 aliphatic heterocycles. The molecule has 0 aliphatic carbocycles. The lowest BCUT2D eigenvalue weighted by Crippen LogP contribution is -2.56. The predicted octanol–water partition coefficient (Wildman–Crippen LogP) is 3.20. The van der Waals surface area contributed by atoms with Crippen LogP contribution in [0.15, 0.2) is 54.6 Å². The Morgan fingerprint density at radius 3 is 2.29 bits per heavy atom. The van der Waals surface area contributed by atoms with E-state index >= 15 is 0 Å². The highest BCUT2D eigenvalue weighted by Crippen LogP contribution is 2.23. The van der Waals surface area contributed by atoms with Gasteiger partial charge in [-0.05, 0) is 64.2 Å². The SMILES string of the molecule is CON(C(=O)CCC(=O)O)[C@@H](C)C(=O)N[C@@H](CCCNC(=O)OCc1ccccc1)C(=O)N1CCC[C@H]1C(=O)CN(C(=O)Oc1ccc([N+](=O)[O-])cc1)C(C)C. The maximum atomic E-state index is 14.1. The van der Waals surface area contributed by atoms with E-state index in [2.05, 4.69) is 10.6 Å². The number of hydrogen-bond acceptors (Lipinski definition) is 12. The van der Waals surface area contributed by atoms with Gasteiger partial charge in [-0.15, -0.1) is 0 Å². The standard InChI is InChI=1S/C37H48N6O13/c1-24(2)41(37(51)56-28-16-14-27(15-17-28)43(52)53)22-31(44)30-13-9-21-40(30)35(49)29(12-8-20-38-36(50)55-23-26-10-6-5-7-11-26)39-34(48)25(3)42(54-4)32(45)18-19-33(46)47/h5-7,10-11,14-17,24-25,29-30H,8-9,12-13,18-23H2,1-4H3,(H,38,50)(H,39,48)(H,46,47)/t25-,29-,30-/m0/s1. The van der Waals surface area contributed by atoms with Crippen molar-refractivity contribution in [3.05, 3.63) is 70.3 Å². The van der Waals surface area contributed by atoms with Crippen LogP contribution in [0.1, 0.15) is 64.9 Å². The molecular formula is C37H48N6O13.